The molecule has 0 spiro atoms. The highest BCUT2D eigenvalue weighted by molar-refractivity contribution is 6.30. The van der Waals surface area contributed by atoms with Crippen LogP contribution >= 0.6 is 11.6 Å². The normalized spacial score (nSPS) is 10.7. The summed E-state index contributed by atoms with van der Waals surface area (Å²) in [7, 11) is 0. The third-order valence-electron chi connectivity index (χ3n) is 3.32. The molecule has 0 saturated carbocycles. The molecule has 116 valence electrons. The first-order valence-electron chi connectivity index (χ1n) is 6.79. The van der Waals surface area contributed by atoms with Gasteiger partial charge in [0, 0.05) is 34.6 Å². The number of hydrogen-bond donors (Lipinski definition) is 1. The molecule has 0 aliphatic rings. The molecular weight excluding hydrogens is 321 g/mol. The smallest absolute Gasteiger partial charge is 0.336 e. The van der Waals surface area contributed by atoms with E-state index in [4.69, 9.17) is 16.0 Å². The van der Waals surface area contributed by atoms with Crippen molar-refractivity contribution in [2.45, 2.75) is 6.54 Å². The lowest BCUT2D eigenvalue weighted by Crippen LogP contribution is -2.23. The number of carbonyl (C=O) groups is 1. The van der Waals surface area contributed by atoms with Crippen LogP contribution in [0.2, 0.25) is 5.02 Å². The average Bonchev–Trinajstić information content (AvgIpc) is 2.51. The maximum Gasteiger partial charge on any atom is 0.336 e. The van der Waals surface area contributed by atoms with Crippen LogP contribution < -0.4 is 10.9 Å². The predicted molar refractivity (Wildman–Crippen MR) is 85.1 cm³/mol. The van der Waals surface area contributed by atoms with Gasteiger partial charge in [-0.1, -0.05) is 17.7 Å². The van der Waals surface area contributed by atoms with Gasteiger partial charge in [0.25, 0.3) is 5.91 Å². The summed E-state index contributed by atoms with van der Waals surface area (Å²) < 4.78 is 18.2. The fourth-order valence-electron chi connectivity index (χ4n) is 2.26. The van der Waals surface area contributed by atoms with Gasteiger partial charge in [0.05, 0.1) is 0 Å². The Morgan fingerprint density at radius 3 is 2.78 bits per heavy atom. The zero-order valence-corrected chi connectivity index (χ0v) is 12.6. The molecule has 6 heteroatoms. The van der Waals surface area contributed by atoms with E-state index in [9.17, 15) is 14.0 Å². The molecule has 0 saturated heterocycles. The number of benzene rings is 2. The van der Waals surface area contributed by atoms with Gasteiger partial charge < -0.3 is 9.73 Å². The van der Waals surface area contributed by atoms with E-state index in [2.05, 4.69) is 5.32 Å². The Kier molecular flexibility index (Phi) is 4.12. The topological polar surface area (TPSA) is 59.3 Å². The molecule has 0 atom stereocenters. The molecule has 1 aromatic heterocycles. The summed E-state index contributed by atoms with van der Waals surface area (Å²) in [6, 6.07) is 11.7. The Balaban J connectivity index is 1.87. The summed E-state index contributed by atoms with van der Waals surface area (Å²) >= 11 is 5.85. The Morgan fingerprint density at radius 1 is 1.17 bits per heavy atom. The van der Waals surface area contributed by atoms with Crippen molar-refractivity contribution in [2.24, 2.45) is 0 Å². The van der Waals surface area contributed by atoms with Crippen molar-refractivity contribution in [3.63, 3.8) is 0 Å². The summed E-state index contributed by atoms with van der Waals surface area (Å²) in [5.41, 5.74) is 0.502. The monoisotopic (exact) mass is 331 g/mol. The van der Waals surface area contributed by atoms with Gasteiger partial charge in [0.15, 0.2) is 0 Å². The number of halogens is 2. The number of hydrogen-bond acceptors (Lipinski definition) is 3. The highest BCUT2D eigenvalue weighted by Crippen LogP contribution is 2.18. The molecule has 3 aromatic rings. The van der Waals surface area contributed by atoms with E-state index in [1.54, 1.807) is 24.3 Å². The predicted octanol–water partition coefficient (Wildman–Crippen LogP) is 3.52. The van der Waals surface area contributed by atoms with Crippen LogP contribution in [0.4, 0.5) is 4.39 Å². The van der Waals surface area contributed by atoms with Crippen LogP contribution in [0, 0.1) is 5.82 Å². The molecule has 23 heavy (non-hydrogen) atoms. The van der Waals surface area contributed by atoms with Gasteiger partial charge in [-0.2, -0.15) is 0 Å². The van der Waals surface area contributed by atoms with E-state index in [1.807, 2.05) is 0 Å². The van der Waals surface area contributed by atoms with Crippen LogP contribution in [-0.2, 0) is 6.54 Å². The van der Waals surface area contributed by atoms with Crippen LogP contribution in [-0.4, -0.2) is 5.91 Å². The fraction of sp³-hybridized carbons (Fsp3) is 0.0588. The molecule has 0 aliphatic carbocycles. The molecule has 4 nitrogen and oxygen atoms in total. The highest BCUT2D eigenvalue weighted by atomic mass is 35.5. The number of fused-ring (bicyclic) bond motifs is 1. The van der Waals surface area contributed by atoms with Crippen molar-refractivity contribution < 1.29 is 13.6 Å². The summed E-state index contributed by atoms with van der Waals surface area (Å²) in [5.74, 6) is -0.822. The standard InChI is InChI=1S/C17H11ClFNO3/c18-12-3-1-2-10(6-12)17(22)20-9-11-7-16(21)23-15-8-13(19)4-5-14(11)15/h1-8H,9H2,(H,20,22). The van der Waals surface area contributed by atoms with E-state index >= 15 is 0 Å². The summed E-state index contributed by atoms with van der Waals surface area (Å²) in [6.07, 6.45) is 0. The average molecular weight is 332 g/mol. The van der Waals surface area contributed by atoms with E-state index in [-0.39, 0.29) is 18.0 Å². The molecule has 0 unspecified atom stereocenters. The van der Waals surface area contributed by atoms with Crippen LogP contribution in [0.1, 0.15) is 15.9 Å². The highest BCUT2D eigenvalue weighted by Gasteiger charge is 2.10. The first-order chi connectivity index (χ1) is 11.0. The lowest BCUT2D eigenvalue weighted by Gasteiger charge is -2.08. The van der Waals surface area contributed by atoms with Crippen molar-refractivity contribution >= 4 is 28.5 Å². The van der Waals surface area contributed by atoms with Gasteiger partial charge in [-0.05, 0) is 35.9 Å². The van der Waals surface area contributed by atoms with Gasteiger partial charge in [-0.3, -0.25) is 4.79 Å². The zero-order valence-electron chi connectivity index (χ0n) is 11.8. The third-order valence-corrected chi connectivity index (χ3v) is 3.55. The van der Waals surface area contributed by atoms with Crippen LogP contribution in [0.25, 0.3) is 11.0 Å². The Morgan fingerprint density at radius 2 is 2.00 bits per heavy atom. The lowest BCUT2D eigenvalue weighted by atomic mass is 10.1. The maximum atomic E-state index is 13.2. The van der Waals surface area contributed by atoms with Crippen molar-refractivity contribution in [3.05, 3.63) is 80.9 Å². The summed E-state index contributed by atoms with van der Waals surface area (Å²) in [5, 5.41) is 3.73. The lowest BCUT2D eigenvalue weighted by molar-refractivity contribution is 0.0951. The second kappa shape index (κ2) is 6.22. The maximum absolute atomic E-state index is 13.2. The molecule has 0 radical (unpaired) electrons. The number of amides is 1. The quantitative estimate of drug-likeness (QED) is 0.747. The first-order valence-corrected chi connectivity index (χ1v) is 7.17. The first kappa shape index (κ1) is 15.2. The Labute approximate surface area is 135 Å². The molecule has 1 heterocycles. The van der Waals surface area contributed by atoms with Crippen molar-refractivity contribution in [1.29, 1.82) is 0 Å². The molecular formula is C17H11ClFNO3. The molecule has 0 aliphatic heterocycles. The second-order valence-corrected chi connectivity index (χ2v) is 5.36. The minimum Gasteiger partial charge on any atom is -0.423 e. The molecule has 3 rings (SSSR count). The van der Waals surface area contributed by atoms with Gasteiger partial charge in [-0.25, -0.2) is 9.18 Å². The third kappa shape index (κ3) is 3.40. The van der Waals surface area contributed by atoms with Crippen LogP contribution in [0.15, 0.2) is 57.7 Å². The number of carbonyl (C=O) groups excluding carboxylic acids is 1. The van der Waals surface area contributed by atoms with Crippen molar-refractivity contribution in [1.82, 2.24) is 5.32 Å². The van der Waals surface area contributed by atoms with Crippen molar-refractivity contribution in [3.8, 4) is 0 Å². The van der Waals surface area contributed by atoms with Gasteiger partial charge in [0.1, 0.15) is 11.4 Å². The molecule has 0 bridgehead atoms. The van der Waals surface area contributed by atoms with E-state index in [1.165, 1.54) is 18.2 Å². The zero-order chi connectivity index (χ0) is 16.4. The largest absolute Gasteiger partial charge is 0.423 e. The van der Waals surface area contributed by atoms with Gasteiger partial charge in [0.2, 0.25) is 0 Å². The molecule has 2 aromatic carbocycles. The van der Waals surface area contributed by atoms with Gasteiger partial charge >= 0.3 is 5.63 Å². The van der Waals surface area contributed by atoms with E-state index in [0.717, 1.165) is 6.07 Å². The molecule has 1 N–H and O–H groups in total. The summed E-state index contributed by atoms with van der Waals surface area (Å²) in [4.78, 5) is 23.7. The number of nitrogens with one attached hydrogen (secondary N) is 1. The van der Waals surface area contributed by atoms with Crippen molar-refractivity contribution in [2.75, 3.05) is 0 Å². The van der Waals surface area contributed by atoms with Gasteiger partial charge in [-0.15, -0.1) is 0 Å². The number of rotatable bonds is 3. The SMILES string of the molecule is O=C(NCc1cc(=O)oc2cc(F)ccc12)c1cccc(Cl)c1. The minimum atomic E-state index is -0.602. The summed E-state index contributed by atoms with van der Waals surface area (Å²) in [6.45, 7) is 0.110. The Hall–Kier alpha value is -2.66. The molecule has 0 fully saturated rings. The Bertz CT molecular complexity index is 952. The van der Waals surface area contributed by atoms with Crippen LogP contribution in [0.3, 0.4) is 0 Å². The second-order valence-electron chi connectivity index (χ2n) is 4.92. The van der Waals surface area contributed by atoms with Crippen LogP contribution in [0.5, 0.6) is 0 Å². The minimum absolute atomic E-state index is 0.110. The fourth-order valence-corrected chi connectivity index (χ4v) is 2.45. The molecule has 1 amide bonds. The van der Waals surface area contributed by atoms with E-state index < -0.39 is 11.4 Å². The van der Waals surface area contributed by atoms with E-state index in [0.29, 0.717) is 21.5 Å².